The Kier molecular flexibility index (Phi) is 3.10. The van der Waals surface area contributed by atoms with Gasteiger partial charge in [-0.2, -0.15) is 9.78 Å². The first-order valence-corrected chi connectivity index (χ1v) is 5.11. The molecule has 0 aliphatic carbocycles. The number of hydrogen-bond acceptors (Lipinski definition) is 8. The standard InChI is InChI=1S/C8H11N9O2/c1-3(11-13-8(10)18)5-4(2)17(16-12-5)7-6(9)14-19-15-7/h1-2H3,(H2,9,14)(H3,10,13,18). The van der Waals surface area contributed by atoms with Crippen LogP contribution in [-0.4, -0.2) is 37.0 Å². The van der Waals surface area contributed by atoms with Gasteiger partial charge < -0.3 is 11.5 Å². The van der Waals surface area contributed by atoms with Gasteiger partial charge in [-0.3, -0.25) is 0 Å². The molecule has 0 fully saturated rings. The van der Waals surface area contributed by atoms with Crippen molar-refractivity contribution in [3.63, 3.8) is 0 Å². The molecule has 2 aromatic heterocycles. The maximum Gasteiger partial charge on any atom is 0.332 e. The van der Waals surface area contributed by atoms with Gasteiger partial charge in [-0.25, -0.2) is 14.8 Å². The third-order valence-electron chi connectivity index (χ3n) is 2.27. The molecule has 0 atom stereocenters. The third-order valence-corrected chi connectivity index (χ3v) is 2.27. The Hall–Kier alpha value is -2.98. The van der Waals surface area contributed by atoms with E-state index in [4.69, 9.17) is 11.5 Å². The number of hydrogen-bond donors (Lipinski definition) is 3. The molecule has 2 heterocycles. The second kappa shape index (κ2) is 4.72. The van der Waals surface area contributed by atoms with Gasteiger partial charge in [0, 0.05) is 0 Å². The zero-order valence-electron chi connectivity index (χ0n) is 10.2. The zero-order chi connectivity index (χ0) is 14.0. The summed E-state index contributed by atoms with van der Waals surface area (Å²) in [5, 5.41) is 18.6. The van der Waals surface area contributed by atoms with Gasteiger partial charge in [-0.05, 0) is 24.2 Å². The number of hydrazone groups is 1. The van der Waals surface area contributed by atoms with E-state index in [0.29, 0.717) is 17.1 Å². The Bertz CT molecular complexity index is 640. The lowest BCUT2D eigenvalue weighted by molar-refractivity contribution is 0.249. The first kappa shape index (κ1) is 12.5. The van der Waals surface area contributed by atoms with Crippen LogP contribution in [-0.2, 0) is 0 Å². The second-order valence-electron chi connectivity index (χ2n) is 3.58. The average Bonchev–Trinajstić information content (AvgIpc) is 2.92. The van der Waals surface area contributed by atoms with E-state index in [0.717, 1.165) is 0 Å². The molecule has 11 nitrogen and oxygen atoms in total. The number of nitrogens with zero attached hydrogens (tertiary/aromatic N) is 6. The minimum Gasteiger partial charge on any atom is -0.378 e. The molecule has 2 rings (SSSR count). The van der Waals surface area contributed by atoms with Crippen LogP contribution in [0.1, 0.15) is 18.3 Å². The number of nitrogens with one attached hydrogen (secondary N) is 1. The molecule has 0 aromatic carbocycles. The van der Waals surface area contributed by atoms with Crippen LogP contribution < -0.4 is 16.9 Å². The van der Waals surface area contributed by atoms with Gasteiger partial charge in [0.1, 0.15) is 5.69 Å². The molecule has 2 aromatic rings. The van der Waals surface area contributed by atoms with Crippen molar-refractivity contribution in [1.82, 2.24) is 30.7 Å². The van der Waals surface area contributed by atoms with Crippen molar-refractivity contribution in [3.05, 3.63) is 11.4 Å². The predicted octanol–water partition coefficient (Wildman–Crippen LogP) is -1.07. The summed E-state index contributed by atoms with van der Waals surface area (Å²) in [6.07, 6.45) is 0. The van der Waals surface area contributed by atoms with E-state index in [2.05, 4.69) is 35.8 Å². The quantitative estimate of drug-likeness (QED) is 0.469. The first-order valence-electron chi connectivity index (χ1n) is 5.11. The fraction of sp³-hybridized carbons (Fsp3) is 0.250. The van der Waals surface area contributed by atoms with Crippen molar-refractivity contribution >= 4 is 17.6 Å². The van der Waals surface area contributed by atoms with Crippen LogP contribution in [0.15, 0.2) is 9.73 Å². The smallest absolute Gasteiger partial charge is 0.332 e. The Morgan fingerprint density at radius 2 is 2.21 bits per heavy atom. The number of primary amides is 1. The third kappa shape index (κ3) is 2.34. The minimum absolute atomic E-state index is 0.0874. The Morgan fingerprint density at radius 3 is 2.79 bits per heavy atom. The topological polar surface area (TPSA) is 163 Å². The zero-order valence-corrected chi connectivity index (χ0v) is 10.2. The van der Waals surface area contributed by atoms with Crippen LogP contribution >= 0.6 is 0 Å². The number of nitrogen functional groups attached to an aromatic ring is 1. The van der Waals surface area contributed by atoms with Crippen molar-refractivity contribution < 1.29 is 9.42 Å². The largest absolute Gasteiger partial charge is 0.378 e. The predicted molar refractivity (Wildman–Crippen MR) is 63.3 cm³/mol. The van der Waals surface area contributed by atoms with Crippen LogP contribution in [0.25, 0.3) is 5.82 Å². The highest BCUT2D eigenvalue weighted by Gasteiger charge is 2.17. The van der Waals surface area contributed by atoms with E-state index in [1.807, 2.05) is 0 Å². The van der Waals surface area contributed by atoms with E-state index >= 15 is 0 Å². The van der Waals surface area contributed by atoms with Crippen LogP contribution in [0.4, 0.5) is 10.6 Å². The number of amides is 2. The molecule has 0 spiro atoms. The maximum absolute atomic E-state index is 10.6. The summed E-state index contributed by atoms with van der Waals surface area (Å²) in [5.41, 5.74) is 14.1. The van der Waals surface area contributed by atoms with Crippen LogP contribution in [0.3, 0.4) is 0 Å². The lowest BCUT2D eigenvalue weighted by Gasteiger charge is -1.99. The lowest BCUT2D eigenvalue weighted by Crippen LogP contribution is -2.25. The number of anilines is 1. The van der Waals surface area contributed by atoms with Crippen LogP contribution in [0.5, 0.6) is 0 Å². The van der Waals surface area contributed by atoms with E-state index in [9.17, 15) is 4.79 Å². The molecule has 11 heteroatoms. The van der Waals surface area contributed by atoms with Crippen LogP contribution in [0, 0.1) is 6.92 Å². The summed E-state index contributed by atoms with van der Waals surface area (Å²) in [7, 11) is 0. The minimum atomic E-state index is -0.769. The summed E-state index contributed by atoms with van der Waals surface area (Å²) in [4.78, 5) is 10.6. The van der Waals surface area contributed by atoms with Gasteiger partial charge >= 0.3 is 6.03 Å². The van der Waals surface area contributed by atoms with Crippen molar-refractivity contribution in [3.8, 4) is 5.82 Å². The van der Waals surface area contributed by atoms with Crippen LogP contribution in [0.2, 0.25) is 0 Å². The monoisotopic (exact) mass is 265 g/mol. The fourth-order valence-corrected chi connectivity index (χ4v) is 1.39. The number of rotatable bonds is 3. The van der Waals surface area contributed by atoms with Crippen molar-refractivity contribution in [2.75, 3.05) is 5.73 Å². The highest BCUT2D eigenvalue weighted by molar-refractivity contribution is 5.98. The first-order chi connectivity index (χ1) is 9.00. The molecule has 0 bridgehead atoms. The number of carbonyl (C=O) groups excluding carboxylic acids is 1. The van der Waals surface area contributed by atoms with Gasteiger partial charge in [-0.1, -0.05) is 5.21 Å². The van der Waals surface area contributed by atoms with Crippen molar-refractivity contribution in [2.45, 2.75) is 13.8 Å². The van der Waals surface area contributed by atoms with Gasteiger partial charge in [0.2, 0.25) is 11.6 Å². The Morgan fingerprint density at radius 1 is 1.47 bits per heavy atom. The van der Waals surface area contributed by atoms with E-state index in [1.54, 1.807) is 13.8 Å². The normalized spacial score (nSPS) is 11.6. The summed E-state index contributed by atoms with van der Waals surface area (Å²) in [6, 6.07) is -0.769. The van der Waals surface area contributed by atoms with E-state index in [1.165, 1.54) is 4.68 Å². The Balaban J connectivity index is 2.36. The molecule has 0 radical (unpaired) electrons. The summed E-state index contributed by atoms with van der Waals surface area (Å²) in [5.74, 6) is 0.316. The SMILES string of the molecule is CC(=NNC(N)=O)c1nnn(-c2nonc2N)c1C. The highest BCUT2D eigenvalue weighted by atomic mass is 16.6. The lowest BCUT2D eigenvalue weighted by atomic mass is 10.2. The van der Waals surface area contributed by atoms with Gasteiger partial charge in [0.25, 0.3) is 0 Å². The summed E-state index contributed by atoms with van der Waals surface area (Å²) >= 11 is 0. The van der Waals surface area contributed by atoms with Crippen molar-refractivity contribution in [1.29, 1.82) is 0 Å². The molecular formula is C8H11N9O2. The molecule has 100 valence electrons. The molecule has 2 amide bonds. The highest BCUT2D eigenvalue weighted by Crippen LogP contribution is 2.14. The summed E-state index contributed by atoms with van der Waals surface area (Å²) in [6.45, 7) is 3.37. The molecule has 0 aliphatic rings. The average molecular weight is 265 g/mol. The maximum atomic E-state index is 10.6. The van der Waals surface area contributed by atoms with Crippen molar-refractivity contribution in [2.24, 2.45) is 10.8 Å². The molecule has 19 heavy (non-hydrogen) atoms. The fourth-order valence-electron chi connectivity index (χ4n) is 1.39. The molecule has 0 aliphatic heterocycles. The molecular weight excluding hydrogens is 254 g/mol. The van der Waals surface area contributed by atoms with E-state index < -0.39 is 6.03 Å². The number of aromatic nitrogens is 5. The Labute approximate surface area is 106 Å². The van der Waals surface area contributed by atoms with Gasteiger partial charge in [-0.15, -0.1) is 5.10 Å². The van der Waals surface area contributed by atoms with E-state index in [-0.39, 0.29) is 11.6 Å². The number of urea groups is 1. The molecule has 0 saturated carbocycles. The molecule has 5 N–H and O–H groups in total. The number of nitrogens with two attached hydrogens (primary N) is 2. The summed E-state index contributed by atoms with van der Waals surface area (Å²) < 4.78 is 5.84. The second-order valence-corrected chi connectivity index (χ2v) is 3.58. The van der Waals surface area contributed by atoms with Gasteiger partial charge in [0.05, 0.1) is 11.4 Å². The number of carbonyl (C=O) groups is 1. The van der Waals surface area contributed by atoms with Gasteiger partial charge in [0.15, 0.2) is 0 Å². The molecule has 0 unspecified atom stereocenters. The molecule has 0 saturated heterocycles.